The molecule has 37 heavy (non-hydrogen) atoms. The van der Waals surface area contributed by atoms with Crippen LogP contribution in [0.15, 0.2) is 126 Å². The summed E-state index contributed by atoms with van der Waals surface area (Å²) in [5, 5.41) is 8.67. The molecule has 4 aromatic carbocycles. The first kappa shape index (κ1) is 23.9. The highest BCUT2D eigenvalue weighted by Crippen LogP contribution is 2.39. The van der Waals surface area contributed by atoms with E-state index in [-0.39, 0.29) is 6.04 Å². The van der Waals surface area contributed by atoms with Gasteiger partial charge in [-0.1, -0.05) is 97.1 Å². The second-order valence-corrected chi connectivity index (χ2v) is 8.90. The molecule has 0 saturated carbocycles. The van der Waals surface area contributed by atoms with Crippen LogP contribution in [0.4, 0.5) is 17.2 Å². The van der Waals surface area contributed by atoms with Crippen molar-refractivity contribution in [3.05, 3.63) is 127 Å². The number of hydrazine groups is 1. The van der Waals surface area contributed by atoms with Gasteiger partial charge < -0.3 is 5.32 Å². The lowest BCUT2D eigenvalue weighted by Gasteiger charge is -2.16. The molecule has 1 heterocycles. The number of nitrogens with one attached hydrogen (secondary N) is 3. The van der Waals surface area contributed by atoms with Crippen LogP contribution in [0, 0.1) is 0 Å². The van der Waals surface area contributed by atoms with E-state index in [2.05, 4.69) is 42.1 Å². The summed E-state index contributed by atoms with van der Waals surface area (Å²) in [5.41, 5.74) is 12.0. The topological polar surface area (TPSA) is 66.3 Å². The monoisotopic (exact) mass is 486 g/mol. The smallest absolute Gasteiger partial charge is 0.156 e. The first-order valence-corrected chi connectivity index (χ1v) is 12.4. The zero-order chi connectivity index (χ0) is 25.5. The highest BCUT2D eigenvalue weighted by molar-refractivity contribution is 6.02. The average molecular weight is 487 g/mol. The summed E-state index contributed by atoms with van der Waals surface area (Å²) < 4.78 is 1.94. The zero-order valence-electron chi connectivity index (χ0n) is 21.0. The Morgan fingerprint density at radius 3 is 1.92 bits per heavy atom. The lowest BCUT2D eigenvalue weighted by molar-refractivity contribution is 0.833. The summed E-state index contributed by atoms with van der Waals surface area (Å²) in [4.78, 5) is 5.22. The minimum atomic E-state index is 0.173. The van der Waals surface area contributed by atoms with Gasteiger partial charge in [-0.05, 0) is 38.1 Å². The summed E-state index contributed by atoms with van der Waals surface area (Å²) in [6.45, 7) is 4.23. The van der Waals surface area contributed by atoms with Gasteiger partial charge in [0, 0.05) is 17.2 Å². The van der Waals surface area contributed by atoms with Crippen molar-refractivity contribution in [3.63, 3.8) is 0 Å². The van der Waals surface area contributed by atoms with Gasteiger partial charge in [-0.2, -0.15) is 5.10 Å². The van der Waals surface area contributed by atoms with Crippen LogP contribution in [0.5, 0.6) is 0 Å². The number of nitrogens with zero attached hydrogens (tertiary/aromatic N) is 3. The normalized spacial score (nSPS) is 11.4. The van der Waals surface area contributed by atoms with Crippen molar-refractivity contribution in [1.29, 1.82) is 0 Å². The third-order valence-electron chi connectivity index (χ3n) is 5.70. The second kappa shape index (κ2) is 11.3. The van der Waals surface area contributed by atoms with Gasteiger partial charge in [0.05, 0.1) is 11.4 Å². The van der Waals surface area contributed by atoms with Crippen LogP contribution in [-0.2, 0) is 0 Å². The Labute approximate surface area is 217 Å². The predicted octanol–water partition coefficient (Wildman–Crippen LogP) is 7.05. The van der Waals surface area contributed by atoms with Crippen LogP contribution >= 0.6 is 0 Å². The minimum Gasteiger partial charge on any atom is -0.366 e. The SMILES string of the molecule is CC(C)Nc1c(N=C(NNc2ccccc2)c2ccccc2)c(-c2ccccc2)nn1-c1ccccc1. The lowest BCUT2D eigenvalue weighted by atomic mass is 10.1. The van der Waals surface area contributed by atoms with Crippen molar-refractivity contribution < 1.29 is 0 Å². The number of hydrogen-bond acceptors (Lipinski definition) is 4. The molecule has 0 spiro atoms. The number of rotatable bonds is 8. The van der Waals surface area contributed by atoms with Crippen molar-refractivity contribution in [2.75, 3.05) is 10.7 Å². The zero-order valence-corrected chi connectivity index (χ0v) is 21.0. The molecule has 1 aromatic heterocycles. The van der Waals surface area contributed by atoms with E-state index in [9.17, 15) is 0 Å². The van der Waals surface area contributed by atoms with Crippen molar-refractivity contribution in [3.8, 4) is 16.9 Å². The number of benzene rings is 4. The fraction of sp³-hybridized carbons (Fsp3) is 0.0968. The van der Waals surface area contributed by atoms with E-state index in [1.165, 1.54) is 0 Å². The Bertz CT molecular complexity index is 1440. The molecule has 5 aromatic rings. The molecule has 0 amide bonds. The van der Waals surface area contributed by atoms with Gasteiger partial charge in [0.15, 0.2) is 11.7 Å². The van der Waals surface area contributed by atoms with E-state index in [1.807, 2.05) is 114 Å². The largest absolute Gasteiger partial charge is 0.366 e. The number of aliphatic imine (C=N–C) groups is 1. The summed E-state index contributed by atoms with van der Waals surface area (Å²) in [5.74, 6) is 1.51. The first-order valence-electron chi connectivity index (χ1n) is 12.4. The van der Waals surface area contributed by atoms with Gasteiger partial charge in [-0.25, -0.2) is 9.67 Å². The molecule has 0 bridgehead atoms. The molecule has 0 aliphatic carbocycles. The Balaban J connectivity index is 1.70. The molecule has 0 fully saturated rings. The van der Waals surface area contributed by atoms with E-state index in [0.717, 1.165) is 39.7 Å². The second-order valence-electron chi connectivity index (χ2n) is 8.90. The first-order chi connectivity index (χ1) is 18.2. The lowest BCUT2D eigenvalue weighted by Crippen LogP contribution is -2.30. The number of para-hydroxylation sites is 2. The van der Waals surface area contributed by atoms with Crippen LogP contribution in [0.25, 0.3) is 16.9 Å². The number of anilines is 2. The quantitative estimate of drug-likeness (QED) is 0.125. The Morgan fingerprint density at radius 1 is 0.730 bits per heavy atom. The maximum absolute atomic E-state index is 5.22. The fourth-order valence-corrected chi connectivity index (χ4v) is 3.99. The average Bonchev–Trinajstić information content (AvgIpc) is 3.30. The highest BCUT2D eigenvalue weighted by Gasteiger charge is 2.22. The van der Waals surface area contributed by atoms with Gasteiger partial charge in [-0.15, -0.1) is 0 Å². The van der Waals surface area contributed by atoms with E-state index in [0.29, 0.717) is 5.84 Å². The third kappa shape index (κ3) is 5.70. The number of aromatic nitrogens is 2. The Hall–Kier alpha value is -4.84. The molecule has 6 heteroatoms. The van der Waals surface area contributed by atoms with Crippen molar-refractivity contribution in [2.45, 2.75) is 19.9 Å². The van der Waals surface area contributed by atoms with Gasteiger partial charge >= 0.3 is 0 Å². The van der Waals surface area contributed by atoms with Crippen LogP contribution in [0.1, 0.15) is 19.4 Å². The van der Waals surface area contributed by atoms with Gasteiger partial charge in [0.2, 0.25) is 0 Å². The Morgan fingerprint density at radius 2 is 1.30 bits per heavy atom. The molecule has 0 aliphatic rings. The molecule has 5 rings (SSSR count). The molecule has 0 saturated heterocycles. The molecule has 3 N–H and O–H groups in total. The predicted molar refractivity (Wildman–Crippen MR) is 154 cm³/mol. The molecule has 6 nitrogen and oxygen atoms in total. The van der Waals surface area contributed by atoms with Crippen LogP contribution in [0.2, 0.25) is 0 Å². The van der Waals surface area contributed by atoms with Gasteiger partial charge in [0.1, 0.15) is 11.4 Å². The molecular formula is C31H30N6. The molecule has 0 radical (unpaired) electrons. The molecule has 0 atom stereocenters. The maximum atomic E-state index is 5.22. The summed E-state index contributed by atoms with van der Waals surface area (Å²) in [6, 6.07) is 40.6. The standard InChI is InChI=1S/C31H30N6/c1-23(2)32-31-29(28(24-15-7-3-8-16-24)36-37(31)27-21-13-6-14-22-27)33-30(25-17-9-4-10-18-25)35-34-26-19-11-5-12-20-26/h3-23,32,34H,1-2H3,(H,33,35). The van der Waals surface area contributed by atoms with E-state index < -0.39 is 0 Å². The number of hydrogen-bond donors (Lipinski definition) is 3. The summed E-state index contributed by atoms with van der Waals surface area (Å²) in [7, 11) is 0. The van der Waals surface area contributed by atoms with Crippen molar-refractivity contribution >= 4 is 23.0 Å². The molecule has 0 aliphatic heterocycles. The minimum absolute atomic E-state index is 0.173. The van der Waals surface area contributed by atoms with Crippen LogP contribution in [-0.4, -0.2) is 21.7 Å². The molecule has 184 valence electrons. The fourth-order valence-electron chi connectivity index (χ4n) is 3.99. The van der Waals surface area contributed by atoms with Crippen LogP contribution in [0.3, 0.4) is 0 Å². The highest BCUT2D eigenvalue weighted by atomic mass is 15.4. The number of amidine groups is 1. The van der Waals surface area contributed by atoms with Gasteiger partial charge in [-0.3, -0.25) is 10.9 Å². The third-order valence-corrected chi connectivity index (χ3v) is 5.70. The molecular weight excluding hydrogens is 456 g/mol. The molecule has 0 unspecified atom stereocenters. The van der Waals surface area contributed by atoms with E-state index in [4.69, 9.17) is 10.1 Å². The van der Waals surface area contributed by atoms with Crippen LogP contribution < -0.4 is 16.2 Å². The summed E-state index contributed by atoms with van der Waals surface area (Å²) in [6.07, 6.45) is 0. The maximum Gasteiger partial charge on any atom is 0.156 e. The Kier molecular flexibility index (Phi) is 7.27. The summed E-state index contributed by atoms with van der Waals surface area (Å²) >= 11 is 0. The van der Waals surface area contributed by atoms with Crippen molar-refractivity contribution in [1.82, 2.24) is 15.2 Å². The van der Waals surface area contributed by atoms with Crippen molar-refractivity contribution in [2.24, 2.45) is 4.99 Å². The van der Waals surface area contributed by atoms with E-state index >= 15 is 0 Å². The van der Waals surface area contributed by atoms with Gasteiger partial charge in [0.25, 0.3) is 0 Å². The van der Waals surface area contributed by atoms with E-state index in [1.54, 1.807) is 0 Å².